The molecular formula is C22H19N3O2. The maximum absolute atomic E-state index is 12.5. The van der Waals surface area contributed by atoms with E-state index in [-0.39, 0.29) is 11.9 Å². The van der Waals surface area contributed by atoms with Gasteiger partial charge >= 0.3 is 0 Å². The molecular weight excluding hydrogens is 338 g/mol. The van der Waals surface area contributed by atoms with E-state index in [0.717, 1.165) is 22.6 Å². The van der Waals surface area contributed by atoms with Crippen LogP contribution in [0.25, 0.3) is 11.0 Å². The molecule has 1 atom stereocenters. The van der Waals surface area contributed by atoms with E-state index >= 15 is 0 Å². The number of ether oxygens (including phenoxy) is 1. The number of carbonyl (C=O) groups is 1. The average molecular weight is 357 g/mol. The summed E-state index contributed by atoms with van der Waals surface area (Å²) in [6.45, 7) is 1.91. The van der Waals surface area contributed by atoms with Crippen molar-refractivity contribution >= 4 is 16.9 Å². The summed E-state index contributed by atoms with van der Waals surface area (Å²) in [7, 11) is 0. The number of para-hydroxylation sites is 3. The van der Waals surface area contributed by atoms with E-state index in [1.807, 2.05) is 61.5 Å². The van der Waals surface area contributed by atoms with Crippen LogP contribution in [0.1, 0.15) is 29.1 Å². The Kier molecular flexibility index (Phi) is 4.58. The zero-order valence-corrected chi connectivity index (χ0v) is 14.8. The quantitative estimate of drug-likeness (QED) is 0.537. The van der Waals surface area contributed by atoms with Gasteiger partial charge in [0.05, 0.1) is 17.1 Å². The second-order valence-electron chi connectivity index (χ2n) is 6.27. The first-order chi connectivity index (χ1) is 13.2. The Morgan fingerprint density at radius 3 is 2.33 bits per heavy atom. The summed E-state index contributed by atoms with van der Waals surface area (Å²) in [5.41, 5.74) is 2.41. The summed E-state index contributed by atoms with van der Waals surface area (Å²) in [6, 6.07) is 24.2. The highest BCUT2D eigenvalue weighted by molar-refractivity contribution is 5.94. The van der Waals surface area contributed by atoms with Crippen molar-refractivity contribution in [3.8, 4) is 11.5 Å². The highest BCUT2D eigenvalue weighted by Crippen LogP contribution is 2.21. The summed E-state index contributed by atoms with van der Waals surface area (Å²) in [5, 5.41) is 2.97. The van der Waals surface area contributed by atoms with Gasteiger partial charge in [-0.2, -0.15) is 0 Å². The maximum atomic E-state index is 12.5. The molecule has 3 aromatic carbocycles. The molecule has 134 valence electrons. The van der Waals surface area contributed by atoms with Crippen LogP contribution in [0.2, 0.25) is 0 Å². The number of H-pyrrole nitrogens is 1. The Morgan fingerprint density at radius 2 is 1.59 bits per heavy atom. The van der Waals surface area contributed by atoms with Crippen LogP contribution >= 0.6 is 0 Å². The number of rotatable bonds is 5. The standard InChI is InChI=1S/C22H19N3O2/c1-15(21-24-19-9-5-6-10-20(19)25-21)23-22(26)16-11-13-18(14-12-16)27-17-7-3-2-4-8-17/h2-15H,1H3,(H,23,26)(H,24,25). The number of hydrogen-bond acceptors (Lipinski definition) is 3. The van der Waals surface area contributed by atoms with Crippen molar-refractivity contribution in [2.45, 2.75) is 13.0 Å². The lowest BCUT2D eigenvalue weighted by molar-refractivity contribution is 0.0938. The molecule has 0 aliphatic rings. The Hall–Kier alpha value is -3.60. The number of aromatic amines is 1. The fourth-order valence-electron chi connectivity index (χ4n) is 2.82. The van der Waals surface area contributed by atoms with Gasteiger partial charge in [-0.25, -0.2) is 4.98 Å². The number of aromatic nitrogens is 2. The average Bonchev–Trinajstić information content (AvgIpc) is 3.14. The minimum atomic E-state index is -0.231. The number of fused-ring (bicyclic) bond motifs is 1. The smallest absolute Gasteiger partial charge is 0.251 e. The number of amides is 1. The molecule has 0 fully saturated rings. The number of hydrogen-bond donors (Lipinski definition) is 2. The second-order valence-corrected chi connectivity index (χ2v) is 6.27. The van der Waals surface area contributed by atoms with Gasteiger partial charge in [0.25, 0.3) is 5.91 Å². The van der Waals surface area contributed by atoms with Crippen LogP contribution in [-0.4, -0.2) is 15.9 Å². The Bertz CT molecular complexity index is 1020. The van der Waals surface area contributed by atoms with E-state index in [2.05, 4.69) is 15.3 Å². The largest absolute Gasteiger partial charge is 0.457 e. The van der Waals surface area contributed by atoms with Gasteiger partial charge in [-0.05, 0) is 55.5 Å². The molecule has 5 heteroatoms. The lowest BCUT2D eigenvalue weighted by atomic mass is 10.2. The molecule has 0 aliphatic carbocycles. The first-order valence-corrected chi connectivity index (χ1v) is 8.77. The Morgan fingerprint density at radius 1 is 0.926 bits per heavy atom. The third-order valence-electron chi connectivity index (χ3n) is 4.26. The van der Waals surface area contributed by atoms with Gasteiger partial charge in [0.1, 0.15) is 17.3 Å². The molecule has 27 heavy (non-hydrogen) atoms. The van der Waals surface area contributed by atoms with Crippen LogP contribution < -0.4 is 10.1 Å². The first-order valence-electron chi connectivity index (χ1n) is 8.77. The lowest BCUT2D eigenvalue weighted by Gasteiger charge is -2.12. The van der Waals surface area contributed by atoms with Crippen molar-refractivity contribution in [1.29, 1.82) is 0 Å². The minimum Gasteiger partial charge on any atom is -0.457 e. The molecule has 0 radical (unpaired) electrons. The van der Waals surface area contributed by atoms with Gasteiger partial charge in [-0.1, -0.05) is 30.3 Å². The summed E-state index contributed by atoms with van der Waals surface area (Å²) >= 11 is 0. The van der Waals surface area contributed by atoms with Crippen molar-refractivity contribution in [1.82, 2.24) is 15.3 Å². The third kappa shape index (κ3) is 3.82. The van der Waals surface area contributed by atoms with E-state index in [1.54, 1.807) is 24.3 Å². The van der Waals surface area contributed by atoms with Gasteiger partial charge in [0, 0.05) is 5.56 Å². The maximum Gasteiger partial charge on any atom is 0.251 e. The number of benzene rings is 3. The zero-order chi connectivity index (χ0) is 18.6. The lowest BCUT2D eigenvalue weighted by Crippen LogP contribution is -2.27. The van der Waals surface area contributed by atoms with Crippen LogP contribution in [0.15, 0.2) is 78.9 Å². The van der Waals surface area contributed by atoms with Gasteiger partial charge in [0.15, 0.2) is 0 Å². The molecule has 0 bridgehead atoms. The van der Waals surface area contributed by atoms with E-state index < -0.39 is 0 Å². The van der Waals surface area contributed by atoms with Crippen molar-refractivity contribution < 1.29 is 9.53 Å². The predicted molar refractivity (Wildman–Crippen MR) is 105 cm³/mol. The van der Waals surface area contributed by atoms with Gasteiger partial charge < -0.3 is 15.0 Å². The number of imidazole rings is 1. The molecule has 0 saturated heterocycles. The molecule has 2 N–H and O–H groups in total. The molecule has 4 aromatic rings. The van der Waals surface area contributed by atoms with Crippen molar-refractivity contribution in [2.24, 2.45) is 0 Å². The van der Waals surface area contributed by atoms with Crippen LogP contribution in [0, 0.1) is 0 Å². The Labute approximate surface area is 157 Å². The Balaban J connectivity index is 1.43. The third-order valence-corrected chi connectivity index (χ3v) is 4.26. The van der Waals surface area contributed by atoms with Gasteiger partial charge in [-0.3, -0.25) is 4.79 Å². The first kappa shape index (κ1) is 16.8. The molecule has 1 aromatic heterocycles. The fraction of sp³-hybridized carbons (Fsp3) is 0.0909. The summed E-state index contributed by atoms with van der Waals surface area (Å²) < 4.78 is 5.75. The molecule has 4 rings (SSSR count). The predicted octanol–water partition coefficient (Wildman–Crippen LogP) is 4.85. The van der Waals surface area contributed by atoms with Crippen molar-refractivity contribution in [2.75, 3.05) is 0 Å². The summed E-state index contributed by atoms with van der Waals surface area (Å²) in [4.78, 5) is 20.3. The SMILES string of the molecule is CC(NC(=O)c1ccc(Oc2ccccc2)cc1)c1nc2ccccc2[nH]1. The highest BCUT2D eigenvalue weighted by Gasteiger charge is 2.15. The second kappa shape index (κ2) is 7.33. The van der Waals surface area contributed by atoms with Gasteiger partial charge in [-0.15, -0.1) is 0 Å². The molecule has 0 aliphatic heterocycles. The van der Waals surface area contributed by atoms with Crippen molar-refractivity contribution in [3.63, 3.8) is 0 Å². The summed E-state index contributed by atoms with van der Waals surface area (Å²) in [5.74, 6) is 2.01. The van der Waals surface area contributed by atoms with Crippen LogP contribution in [0.5, 0.6) is 11.5 Å². The van der Waals surface area contributed by atoms with E-state index in [1.165, 1.54) is 0 Å². The summed E-state index contributed by atoms with van der Waals surface area (Å²) in [6.07, 6.45) is 0. The molecule has 5 nitrogen and oxygen atoms in total. The van der Waals surface area contributed by atoms with E-state index in [4.69, 9.17) is 4.74 Å². The van der Waals surface area contributed by atoms with Crippen LogP contribution in [-0.2, 0) is 0 Å². The highest BCUT2D eigenvalue weighted by atomic mass is 16.5. The minimum absolute atomic E-state index is 0.158. The number of nitrogens with zero attached hydrogens (tertiary/aromatic N) is 1. The van der Waals surface area contributed by atoms with Crippen LogP contribution in [0.3, 0.4) is 0 Å². The zero-order valence-electron chi connectivity index (χ0n) is 14.8. The molecule has 1 unspecified atom stereocenters. The van der Waals surface area contributed by atoms with Gasteiger partial charge in [0.2, 0.25) is 0 Å². The molecule has 1 amide bonds. The normalized spacial score (nSPS) is 11.9. The number of carbonyl (C=O) groups excluding carboxylic acids is 1. The number of nitrogens with one attached hydrogen (secondary N) is 2. The molecule has 1 heterocycles. The van der Waals surface area contributed by atoms with E-state index in [9.17, 15) is 4.79 Å². The van der Waals surface area contributed by atoms with Crippen LogP contribution in [0.4, 0.5) is 0 Å². The topological polar surface area (TPSA) is 67.0 Å². The molecule has 0 saturated carbocycles. The monoisotopic (exact) mass is 357 g/mol. The molecule has 0 spiro atoms. The van der Waals surface area contributed by atoms with E-state index in [0.29, 0.717) is 11.3 Å². The fourth-order valence-corrected chi connectivity index (χ4v) is 2.82. The van der Waals surface area contributed by atoms with Crippen molar-refractivity contribution in [3.05, 3.63) is 90.3 Å².